The van der Waals surface area contributed by atoms with E-state index in [1.807, 2.05) is 29.2 Å². The summed E-state index contributed by atoms with van der Waals surface area (Å²) in [6.07, 6.45) is 3.07. The topological polar surface area (TPSA) is 82.5 Å². The highest BCUT2D eigenvalue weighted by atomic mass is 79.9. The molecule has 1 amide bonds. The average molecular weight is 484 g/mol. The summed E-state index contributed by atoms with van der Waals surface area (Å²) in [4.78, 5) is 20.0. The number of hydrogen-bond donors (Lipinski definition) is 1. The van der Waals surface area contributed by atoms with Crippen molar-refractivity contribution in [1.29, 1.82) is 0 Å². The Morgan fingerprint density at radius 2 is 1.97 bits per heavy atom. The van der Waals surface area contributed by atoms with Gasteiger partial charge < -0.3 is 19.2 Å². The number of nitrogens with one attached hydrogen (secondary N) is 1. The number of quaternary nitrogens is 1. The van der Waals surface area contributed by atoms with Gasteiger partial charge in [-0.25, -0.2) is 0 Å². The molecular weight excluding hydrogens is 462 g/mol. The monoisotopic (exact) mass is 483 g/mol. The number of ether oxygens (including phenoxy) is 1. The van der Waals surface area contributed by atoms with Crippen molar-refractivity contribution in [2.75, 3.05) is 33.3 Å². The number of carbonyl (C=O) groups excluding carboxylic acids is 1. The Labute approximate surface area is 188 Å². The molecule has 1 N–H and O–H groups in total. The van der Waals surface area contributed by atoms with Gasteiger partial charge in [-0.3, -0.25) is 14.7 Å². The molecule has 7 nitrogen and oxygen atoms in total. The fraction of sp³-hybridized carbons (Fsp3) is 0.217. The van der Waals surface area contributed by atoms with Crippen molar-refractivity contribution in [3.8, 4) is 11.5 Å². The predicted molar refractivity (Wildman–Crippen MR) is 119 cm³/mol. The molecule has 1 fully saturated rings. The molecule has 0 radical (unpaired) electrons. The van der Waals surface area contributed by atoms with Crippen molar-refractivity contribution in [2.45, 2.75) is 0 Å². The van der Waals surface area contributed by atoms with Crippen LogP contribution in [-0.2, 0) is 0 Å². The number of halogens is 1. The van der Waals surface area contributed by atoms with Gasteiger partial charge in [0, 0.05) is 22.8 Å². The molecule has 1 aliphatic heterocycles. The first kappa shape index (κ1) is 21.1. The number of hydrogen-bond acceptors (Lipinski definition) is 5. The van der Waals surface area contributed by atoms with Crippen LogP contribution < -0.4 is 14.7 Å². The number of furan rings is 1. The Balaban J connectivity index is 1.39. The maximum absolute atomic E-state index is 12.4. The molecule has 1 aliphatic rings. The highest BCUT2D eigenvalue weighted by Gasteiger charge is 2.26. The molecule has 0 unspecified atom stereocenters. The van der Waals surface area contributed by atoms with Gasteiger partial charge in [0.1, 0.15) is 11.4 Å². The molecular formula is C23H22BrN3O4. The first-order chi connectivity index (χ1) is 15.0. The van der Waals surface area contributed by atoms with Gasteiger partial charge in [-0.05, 0) is 42.0 Å². The van der Waals surface area contributed by atoms with Gasteiger partial charge in [0.2, 0.25) is 0 Å². The van der Waals surface area contributed by atoms with Crippen LogP contribution in [0, 0.1) is 0 Å². The molecule has 3 aromatic rings. The van der Waals surface area contributed by atoms with Crippen molar-refractivity contribution < 1.29 is 24.0 Å². The lowest BCUT2D eigenvalue weighted by atomic mass is 10.2. The fourth-order valence-electron chi connectivity index (χ4n) is 3.59. The molecule has 1 aromatic heterocycles. The SMILES string of the molecule is COc1cc(Br)cc(C=Nc2ccc([NH+]3CCN(C(=O)c4ccco4)CC3)cc2)c1[O-]. The van der Waals surface area contributed by atoms with Crippen molar-refractivity contribution in [2.24, 2.45) is 4.99 Å². The normalized spacial score (nSPS) is 14.8. The molecule has 0 bridgehead atoms. The average Bonchev–Trinajstić information content (AvgIpc) is 3.34. The molecule has 31 heavy (non-hydrogen) atoms. The summed E-state index contributed by atoms with van der Waals surface area (Å²) in [5, 5.41) is 12.3. The van der Waals surface area contributed by atoms with Crippen molar-refractivity contribution in [3.05, 3.63) is 70.6 Å². The smallest absolute Gasteiger partial charge is 0.289 e. The Hall–Kier alpha value is -3.10. The molecule has 2 heterocycles. The van der Waals surface area contributed by atoms with E-state index in [1.165, 1.54) is 18.3 Å². The highest BCUT2D eigenvalue weighted by Crippen LogP contribution is 2.30. The van der Waals surface area contributed by atoms with Crippen LogP contribution in [0.5, 0.6) is 11.5 Å². The number of rotatable bonds is 5. The Kier molecular flexibility index (Phi) is 6.39. The van der Waals surface area contributed by atoms with E-state index >= 15 is 0 Å². The lowest BCUT2D eigenvalue weighted by molar-refractivity contribution is -0.837. The molecule has 8 heteroatoms. The largest absolute Gasteiger partial charge is 0.870 e. The van der Waals surface area contributed by atoms with Gasteiger partial charge in [-0.1, -0.05) is 21.7 Å². The first-order valence-electron chi connectivity index (χ1n) is 9.91. The number of benzene rings is 2. The van der Waals surface area contributed by atoms with Crippen LogP contribution in [0.4, 0.5) is 11.4 Å². The fourth-order valence-corrected chi connectivity index (χ4v) is 4.04. The van der Waals surface area contributed by atoms with Crippen LogP contribution in [0.1, 0.15) is 16.1 Å². The number of methoxy groups -OCH3 is 1. The van der Waals surface area contributed by atoms with Crippen LogP contribution in [0.25, 0.3) is 0 Å². The standard InChI is InChI=1S/C23H22BrN3O4/c1-30-21-14-17(24)13-16(22(21)28)15-25-18-4-6-19(7-5-18)26-8-10-27(11-9-26)23(29)20-3-2-12-31-20/h2-7,12-15,28H,8-11H2,1H3. The summed E-state index contributed by atoms with van der Waals surface area (Å²) >= 11 is 3.38. The van der Waals surface area contributed by atoms with Crippen LogP contribution >= 0.6 is 15.9 Å². The summed E-state index contributed by atoms with van der Waals surface area (Å²) in [5.74, 6) is 0.405. The van der Waals surface area contributed by atoms with E-state index in [0.29, 0.717) is 24.4 Å². The Bertz CT molecular complexity index is 1070. The zero-order valence-corrected chi connectivity index (χ0v) is 18.6. The minimum Gasteiger partial charge on any atom is -0.870 e. The second-order valence-electron chi connectivity index (χ2n) is 7.20. The third kappa shape index (κ3) is 4.81. The Morgan fingerprint density at radius 1 is 1.23 bits per heavy atom. The summed E-state index contributed by atoms with van der Waals surface area (Å²) in [7, 11) is 1.47. The first-order valence-corrected chi connectivity index (χ1v) is 10.7. The van der Waals surface area contributed by atoms with E-state index in [2.05, 4.69) is 20.9 Å². The van der Waals surface area contributed by atoms with Crippen LogP contribution in [0.15, 0.2) is 68.7 Å². The maximum atomic E-state index is 12.4. The van der Waals surface area contributed by atoms with Gasteiger partial charge in [0.15, 0.2) is 5.76 Å². The molecule has 2 aromatic carbocycles. The van der Waals surface area contributed by atoms with Gasteiger partial charge in [-0.2, -0.15) is 0 Å². The third-order valence-electron chi connectivity index (χ3n) is 5.28. The van der Waals surface area contributed by atoms with Crippen LogP contribution in [0.2, 0.25) is 0 Å². The van der Waals surface area contributed by atoms with E-state index in [4.69, 9.17) is 9.15 Å². The second-order valence-corrected chi connectivity index (χ2v) is 8.12. The van der Waals surface area contributed by atoms with E-state index in [0.717, 1.165) is 28.9 Å². The number of nitrogens with zero attached hydrogens (tertiary/aromatic N) is 2. The van der Waals surface area contributed by atoms with Crippen molar-refractivity contribution >= 4 is 39.4 Å². The molecule has 0 atom stereocenters. The molecule has 160 valence electrons. The van der Waals surface area contributed by atoms with Crippen molar-refractivity contribution in [3.63, 3.8) is 0 Å². The lowest BCUT2D eigenvalue weighted by Gasteiger charge is -2.31. The lowest BCUT2D eigenvalue weighted by Crippen LogP contribution is -3.10. The number of amides is 1. The van der Waals surface area contributed by atoms with Crippen LogP contribution in [-0.4, -0.2) is 50.3 Å². The van der Waals surface area contributed by atoms with E-state index in [-0.39, 0.29) is 17.4 Å². The van der Waals surface area contributed by atoms with E-state index in [1.54, 1.807) is 30.5 Å². The van der Waals surface area contributed by atoms with E-state index < -0.39 is 0 Å². The third-order valence-corrected chi connectivity index (χ3v) is 5.74. The summed E-state index contributed by atoms with van der Waals surface area (Å²) in [6.45, 7) is 3.00. The predicted octanol–water partition coefficient (Wildman–Crippen LogP) is 2.55. The maximum Gasteiger partial charge on any atom is 0.289 e. The van der Waals surface area contributed by atoms with Gasteiger partial charge in [0.25, 0.3) is 5.91 Å². The summed E-state index contributed by atoms with van der Waals surface area (Å²) in [6, 6.07) is 14.7. The van der Waals surface area contributed by atoms with Crippen LogP contribution in [0.3, 0.4) is 0 Å². The quantitative estimate of drug-likeness (QED) is 0.565. The Morgan fingerprint density at radius 3 is 2.61 bits per heavy atom. The van der Waals surface area contributed by atoms with Crippen molar-refractivity contribution in [1.82, 2.24) is 4.90 Å². The highest BCUT2D eigenvalue weighted by molar-refractivity contribution is 9.10. The summed E-state index contributed by atoms with van der Waals surface area (Å²) < 4.78 is 11.1. The number of aliphatic imine (C=N–C) groups is 1. The van der Waals surface area contributed by atoms with Gasteiger partial charge >= 0.3 is 0 Å². The molecule has 4 rings (SSSR count). The summed E-state index contributed by atoms with van der Waals surface area (Å²) in [5.41, 5.74) is 2.36. The minimum absolute atomic E-state index is 0.0596. The van der Waals surface area contributed by atoms with Gasteiger partial charge in [0.05, 0.1) is 45.2 Å². The minimum atomic E-state index is -0.197. The van der Waals surface area contributed by atoms with Gasteiger partial charge in [-0.15, -0.1) is 0 Å². The van der Waals surface area contributed by atoms with E-state index in [9.17, 15) is 9.90 Å². The molecule has 1 saturated heterocycles. The molecule has 0 saturated carbocycles. The molecule has 0 aliphatic carbocycles. The molecule has 0 spiro atoms. The zero-order valence-electron chi connectivity index (χ0n) is 17.0. The number of carbonyl (C=O) groups is 1. The zero-order chi connectivity index (χ0) is 21.8. The second kappa shape index (κ2) is 9.36. The number of piperazine rings is 1.